The van der Waals surface area contributed by atoms with Gasteiger partial charge < -0.3 is 0 Å². The number of rotatable bonds is 3. The molecule has 224 valence electrons. The van der Waals surface area contributed by atoms with Gasteiger partial charge in [-0.1, -0.05) is 140 Å². The molecule has 0 atom stereocenters. The zero-order chi connectivity index (χ0) is 31.9. The minimum atomic E-state index is -0.237. The van der Waals surface area contributed by atoms with Crippen LogP contribution in [-0.4, -0.2) is 0 Å². The molecule has 0 radical (unpaired) electrons. The van der Waals surface area contributed by atoms with E-state index in [4.69, 9.17) is 0 Å². The summed E-state index contributed by atoms with van der Waals surface area (Å²) in [5.74, 6) is -0.449. The number of fused-ring (bicyclic) bond motifs is 3. The molecule has 0 nitrogen and oxygen atoms in total. The third kappa shape index (κ3) is 3.80. The van der Waals surface area contributed by atoms with Crippen molar-refractivity contribution in [2.45, 2.75) is 0 Å². The van der Waals surface area contributed by atoms with Crippen molar-refractivity contribution in [2.75, 3.05) is 0 Å². The first-order chi connectivity index (χ1) is 23.7. The van der Waals surface area contributed by atoms with Crippen LogP contribution in [0, 0.1) is 11.6 Å². The van der Waals surface area contributed by atoms with E-state index < -0.39 is 0 Å². The highest BCUT2D eigenvalue weighted by Gasteiger charge is 2.21. The lowest BCUT2D eigenvalue weighted by Crippen LogP contribution is -1.94. The minimum absolute atomic E-state index is 0.212. The summed E-state index contributed by atoms with van der Waals surface area (Å²) in [6.07, 6.45) is 0. The normalized spacial score (nSPS) is 12.0. The van der Waals surface area contributed by atoms with Crippen molar-refractivity contribution in [3.05, 3.63) is 169 Å². The Hall–Kier alpha value is -6.12. The monoisotopic (exact) mass is 616 g/mol. The summed E-state index contributed by atoms with van der Waals surface area (Å²) in [5.41, 5.74) is 6.59. The van der Waals surface area contributed by atoms with Crippen LogP contribution in [0.1, 0.15) is 0 Å². The molecule has 10 aromatic rings. The molecule has 0 bridgehead atoms. The van der Waals surface area contributed by atoms with Gasteiger partial charge in [0.15, 0.2) is 0 Å². The van der Waals surface area contributed by atoms with Gasteiger partial charge in [-0.25, -0.2) is 8.78 Å². The van der Waals surface area contributed by atoms with Gasteiger partial charge in [0.1, 0.15) is 11.6 Å². The Morgan fingerprint density at radius 2 is 0.708 bits per heavy atom. The van der Waals surface area contributed by atoms with E-state index in [2.05, 4.69) is 97.1 Å². The van der Waals surface area contributed by atoms with Gasteiger partial charge in [0, 0.05) is 5.39 Å². The van der Waals surface area contributed by atoms with Crippen molar-refractivity contribution in [3.8, 4) is 33.4 Å². The Bertz CT molecular complexity index is 2840. The highest BCUT2D eigenvalue weighted by atomic mass is 19.1. The van der Waals surface area contributed by atoms with Crippen molar-refractivity contribution >= 4 is 64.6 Å². The molecule has 2 heteroatoms. The number of hydrogen-bond acceptors (Lipinski definition) is 0. The van der Waals surface area contributed by atoms with Gasteiger partial charge in [0.05, 0.1) is 0 Å². The van der Waals surface area contributed by atoms with Gasteiger partial charge in [0.2, 0.25) is 0 Å². The Labute approximate surface area is 275 Å². The average molecular weight is 617 g/mol. The molecule has 0 heterocycles. The summed E-state index contributed by atoms with van der Waals surface area (Å²) >= 11 is 0. The second-order valence-corrected chi connectivity index (χ2v) is 12.6. The molecular weight excluding hydrogens is 591 g/mol. The highest BCUT2D eigenvalue weighted by molar-refractivity contribution is 6.31. The van der Waals surface area contributed by atoms with Gasteiger partial charge in [-0.15, -0.1) is 0 Å². The SMILES string of the molecule is Fc1ccc(-c2ccc3ccc4c(-c5c6ccccc6c(-c6ccc(F)c7ccccc67)c6ccccc56)ccc5ccc2c3c54)cc1. The molecule has 0 aliphatic heterocycles. The summed E-state index contributed by atoms with van der Waals surface area (Å²) < 4.78 is 28.9. The summed E-state index contributed by atoms with van der Waals surface area (Å²) in [5, 5.41) is 13.3. The van der Waals surface area contributed by atoms with E-state index in [9.17, 15) is 4.39 Å². The van der Waals surface area contributed by atoms with E-state index in [1.165, 1.54) is 50.2 Å². The van der Waals surface area contributed by atoms with Crippen LogP contribution in [-0.2, 0) is 0 Å². The van der Waals surface area contributed by atoms with E-state index in [0.29, 0.717) is 5.39 Å². The molecule has 0 fully saturated rings. The van der Waals surface area contributed by atoms with E-state index >= 15 is 4.39 Å². The summed E-state index contributed by atoms with van der Waals surface area (Å²) in [4.78, 5) is 0. The van der Waals surface area contributed by atoms with Crippen molar-refractivity contribution in [1.29, 1.82) is 0 Å². The molecular formula is C46H26F2. The molecule has 0 saturated heterocycles. The Kier molecular flexibility index (Phi) is 5.74. The minimum Gasteiger partial charge on any atom is -0.207 e. The first kappa shape index (κ1) is 27.0. The maximum absolute atomic E-state index is 15.0. The molecule has 0 unspecified atom stereocenters. The fourth-order valence-corrected chi connectivity index (χ4v) is 8.09. The van der Waals surface area contributed by atoms with Gasteiger partial charge >= 0.3 is 0 Å². The fraction of sp³-hybridized carbons (Fsp3) is 0. The molecule has 0 saturated carbocycles. The lowest BCUT2D eigenvalue weighted by Gasteiger charge is -2.21. The largest absolute Gasteiger partial charge is 0.207 e. The van der Waals surface area contributed by atoms with Crippen LogP contribution in [0.25, 0.3) is 98.0 Å². The number of halogens is 2. The lowest BCUT2D eigenvalue weighted by atomic mass is 9.82. The smallest absolute Gasteiger partial charge is 0.131 e. The van der Waals surface area contributed by atoms with Crippen LogP contribution < -0.4 is 0 Å². The van der Waals surface area contributed by atoms with Crippen molar-refractivity contribution in [2.24, 2.45) is 0 Å². The van der Waals surface area contributed by atoms with E-state index in [-0.39, 0.29) is 11.6 Å². The zero-order valence-electron chi connectivity index (χ0n) is 25.8. The molecule has 0 aliphatic rings. The summed E-state index contributed by atoms with van der Waals surface area (Å²) in [6, 6.07) is 53.0. The maximum atomic E-state index is 15.0. The van der Waals surface area contributed by atoms with Gasteiger partial charge in [0.25, 0.3) is 0 Å². The number of hydrogen-bond donors (Lipinski definition) is 0. The molecule has 0 aliphatic carbocycles. The van der Waals surface area contributed by atoms with Crippen LogP contribution in [0.5, 0.6) is 0 Å². The summed E-state index contributed by atoms with van der Waals surface area (Å²) in [7, 11) is 0. The van der Waals surface area contributed by atoms with Gasteiger partial charge in [-0.05, 0) is 111 Å². The predicted molar refractivity (Wildman–Crippen MR) is 199 cm³/mol. The van der Waals surface area contributed by atoms with E-state index in [1.807, 2.05) is 42.5 Å². The number of benzene rings is 10. The second kappa shape index (κ2) is 10.2. The Morgan fingerprint density at radius 1 is 0.292 bits per heavy atom. The van der Waals surface area contributed by atoms with Crippen LogP contribution in [0.15, 0.2) is 158 Å². The van der Waals surface area contributed by atoms with Crippen LogP contribution >= 0.6 is 0 Å². The molecule has 10 aromatic carbocycles. The van der Waals surface area contributed by atoms with Crippen LogP contribution in [0.3, 0.4) is 0 Å². The summed E-state index contributed by atoms with van der Waals surface area (Å²) in [6.45, 7) is 0. The molecule has 0 aromatic heterocycles. The zero-order valence-corrected chi connectivity index (χ0v) is 25.8. The fourth-order valence-electron chi connectivity index (χ4n) is 8.09. The van der Waals surface area contributed by atoms with E-state index in [0.717, 1.165) is 54.6 Å². The Balaban J connectivity index is 1.32. The average Bonchev–Trinajstić information content (AvgIpc) is 3.14. The molecule has 0 amide bonds. The maximum Gasteiger partial charge on any atom is 0.131 e. The van der Waals surface area contributed by atoms with Crippen LogP contribution in [0.2, 0.25) is 0 Å². The predicted octanol–water partition coefficient (Wildman–Crippen LogP) is 13.3. The topological polar surface area (TPSA) is 0 Å². The molecule has 0 spiro atoms. The van der Waals surface area contributed by atoms with Gasteiger partial charge in [-0.2, -0.15) is 0 Å². The Morgan fingerprint density at radius 3 is 1.27 bits per heavy atom. The highest BCUT2D eigenvalue weighted by Crippen LogP contribution is 2.49. The third-order valence-corrected chi connectivity index (χ3v) is 10.2. The van der Waals surface area contributed by atoms with Crippen LogP contribution in [0.4, 0.5) is 8.78 Å². The third-order valence-electron chi connectivity index (χ3n) is 10.2. The van der Waals surface area contributed by atoms with E-state index in [1.54, 1.807) is 6.07 Å². The van der Waals surface area contributed by atoms with Crippen molar-refractivity contribution < 1.29 is 8.78 Å². The van der Waals surface area contributed by atoms with Gasteiger partial charge in [-0.3, -0.25) is 0 Å². The first-order valence-electron chi connectivity index (χ1n) is 16.2. The first-order valence-corrected chi connectivity index (χ1v) is 16.2. The quantitative estimate of drug-likeness (QED) is 0.137. The molecule has 48 heavy (non-hydrogen) atoms. The van der Waals surface area contributed by atoms with Crippen molar-refractivity contribution in [1.82, 2.24) is 0 Å². The lowest BCUT2D eigenvalue weighted by molar-refractivity contribution is 0.628. The standard InChI is InChI=1S/C46H26F2/c47-30-19-13-27(14-20-30)31-21-15-28-17-23-40-41(24-18-29-16-22-38(31)43(28)44(29)40)46-36-11-5-3-9-34(36)45(35-10-4-6-12-37(35)46)39-25-26-42(48)33-8-2-1-7-32(33)39/h1-26H. The second-order valence-electron chi connectivity index (χ2n) is 12.6. The molecule has 10 rings (SSSR count). The molecule has 0 N–H and O–H groups in total. The van der Waals surface area contributed by atoms with Crippen molar-refractivity contribution in [3.63, 3.8) is 0 Å².